The second kappa shape index (κ2) is 10.2. The van der Waals surface area contributed by atoms with Crippen molar-refractivity contribution in [2.45, 2.75) is 37.6 Å². The number of benzene rings is 3. The van der Waals surface area contributed by atoms with Crippen LogP contribution in [0.1, 0.15) is 29.4 Å². The highest BCUT2D eigenvalue weighted by Crippen LogP contribution is 2.29. The summed E-state index contributed by atoms with van der Waals surface area (Å²) in [5.41, 5.74) is 4.92. The van der Waals surface area contributed by atoms with E-state index in [0.717, 1.165) is 33.9 Å². The summed E-state index contributed by atoms with van der Waals surface area (Å²) < 4.78 is 1.98. The lowest BCUT2D eigenvalue weighted by Crippen LogP contribution is -2.24. The Morgan fingerprint density at radius 3 is 2.39 bits per heavy atom. The van der Waals surface area contributed by atoms with Crippen molar-refractivity contribution in [1.82, 2.24) is 14.8 Å². The molecule has 7 heteroatoms. The van der Waals surface area contributed by atoms with Gasteiger partial charge in [0, 0.05) is 17.1 Å². The quantitative estimate of drug-likeness (QED) is 0.320. The van der Waals surface area contributed by atoms with E-state index in [1.54, 1.807) is 0 Å². The van der Waals surface area contributed by atoms with Crippen LogP contribution in [0.3, 0.4) is 0 Å². The van der Waals surface area contributed by atoms with Crippen molar-refractivity contribution >= 4 is 35.0 Å². The maximum Gasteiger partial charge on any atom is 0.237 e. The van der Waals surface area contributed by atoms with E-state index in [9.17, 15) is 4.79 Å². The van der Waals surface area contributed by atoms with Crippen LogP contribution < -0.4 is 5.32 Å². The van der Waals surface area contributed by atoms with Crippen LogP contribution in [0.15, 0.2) is 78.0 Å². The van der Waals surface area contributed by atoms with Gasteiger partial charge in [-0.2, -0.15) is 0 Å². The second-order valence-corrected chi connectivity index (χ2v) is 9.64. The second-order valence-electron chi connectivity index (χ2n) is 7.89. The van der Waals surface area contributed by atoms with Crippen molar-refractivity contribution in [2.75, 3.05) is 5.32 Å². The van der Waals surface area contributed by atoms with Gasteiger partial charge < -0.3 is 5.32 Å². The third kappa shape index (κ3) is 5.46. The number of anilines is 1. The fourth-order valence-corrected chi connectivity index (χ4v) is 4.66. The van der Waals surface area contributed by atoms with Crippen molar-refractivity contribution in [3.05, 3.63) is 100 Å². The molecule has 0 aliphatic heterocycles. The first-order valence-electron chi connectivity index (χ1n) is 10.7. The summed E-state index contributed by atoms with van der Waals surface area (Å²) in [5, 5.41) is 12.9. The number of aromatic nitrogens is 3. The number of rotatable bonds is 7. The lowest BCUT2D eigenvalue weighted by Gasteiger charge is -2.16. The highest BCUT2D eigenvalue weighted by atomic mass is 35.5. The van der Waals surface area contributed by atoms with Crippen LogP contribution in [0.4, 0.5) is 5.69 Å². The number of halogens is 1. The van der Waals surface area contributed by atoms with Crippen molar-refractivity contribution in [1.29, 1.82) is 0 Å². The third-order valence-corrected chi connectivity index (χ3v) is 6.63. The van der Waals surface area contributed by atoms with Gasteiger partial charge in [0.05, 0.1) is 10.9 Å². The van der Waals surface area contributed by atoms with Gasteiger partial charge in [0.25, 0.3) is 0 Å². The zero-order valence-corrected chi connectivity index (χ0v) is 20.3. The minimum Gasteiger partial charge on any atom is -0.325 e. The fourth-order valence-electron chi connectivity index (χ4n) is 3.59. The van der Waals surface area contributed by atoms with E-state index < -0.39 is 0 Å². The van der Waals surface area contributed by atoms with Crippen molar-refractivity contribution < 1.29 is 4.79 Å². The zero-order valence-electron chi connectivity index (χ0n) is 18.7. The average Bonchev–Trinajstić information content (AvgIpc) is 3.18. The molecule has 5 nitrogen and oxygen atoms in total. The summed E-state index contributed by atoms with van der Waals surface area (Å²) in [4.78, 5) is 13.0. The molecule has 1 amide bonds. The fraction of sp³-hybridized carbons (Fsp3) is 0.192. The molecule has 0 saturated heterocycles. The standard InChI is InChI=1S/C26H25ClN4OS/c1-17-9-7-10-18(2)24(17)28-25(32)19(3)33-26-30-29-23(15-20-11-5-4-6-12-20)31(26)22-14-8-13-21(27)16-22/h4-14,16,19H,15H2,1-3H3,(H,28,32)/t19-/m0/s1. The van der Waals surface area contributed by atoms with E-state index in [4.69, 9.17) is 11.6 Å². The number of thioether (sulfide) groups is 1. The Morgan fingerprint density at radius 1 is 1.00 bits per heavy atom. The first-order valence-corrected chi connectivity index (χ1v) is 12.0. The molecule has 0 unspecified atom stereocenters. The third-order valence-electron chi connectivity index (χ3n) is 5.35. The Kier molecular flexibility index (Phi) is 7.16. The predicted molar refractivity (Wildman–Crippen MR) is 135 cm³/mol. The van der Waals surface area contributed by atoms with Crippen LogP contribution in [-0.2, 0) is 11.2 Å². The zero-order chi connectivity index (χ0) is 23.4. The Balaban J connectivity index is 1.62. The molecule has 1 heterocycles. The molecule has 0 saturated carbocycles. The lowest BCUT2D eigenvalue weighted by atomic mass is 10.1. The Bertz CT molecular complexity index is 1250. The molecular formula is C26H25ClN4OS. The molecule has 0 aliphatic rings. The van der Waals surface area contributed by atoms with Gasteiger partial charge in [0.2, 0.25) is 5.91 Å². The van der Waals surface area contributed by atoms with E-state index in [2.05, 4.69) is 27.6 Å². The van der Waals surface area contributed by atoms with E-state index in [0.29, 0.717) is 16.6 Å². The molecule has 0 bridgehead atoms. The van der Waals surface area contributed by atoms with Gasteiger partial charge in [-0.3, -0.25) is 9.36 Å². The number of para-hydroxylation sites is 1. The number of hydrogen-bond donors (Lipinski definition) is 1. The predicted octanol–water partition coefficient (Wildman–Crippen LogP) is 6.25. The maximum atomic E-state index is 13.0. The molecule has 4 aromatic rings. The molecule has 0 fully saturated rings. The highest BCUT2D eigenvalue weighted by molar-refractivity contribution is 8.00. The number of hydrogen-bond acceptors (Lipinski definition) is 4. The number of carbonyl (C=O) groups is 1. The van der Waals surface area contributed by atoms with Crippen molar-refractivity contribution in [2.24, 2.45) is 0 Å². The summed E-state index contributed by atoms with van der Waals surface area (Å²) in [5.74, 6) is 0.705. The largest absolute Gasteiger partial charge is 0.325 e. The van der Waals surface area contributed by atoms with Gasteiger partial charge in [0.15, 0.2) is 5.16 Å². The van der Waals surface area contributed by atoms with Gasteiger partial charge in [-0.1, -0.05) is 78.0 Å². The van der Waals surface area contributed by atoms with Gasteiger partial charge in [-0.15, -0.1) is 10.2 Å². The van der Waals surface area contributed by atoms with Gasteiger partial charge in [-0.05, 0) is 55.7 Å². The molecule has 4 rings (SSSR count). The molecule has 33 heavy (non-hydrogen) atoms. The summed E-state index contributed by atoms with van der Waals surface area (Å²) >= 11 is 7.65. The maximum absolute atomic E-state index is 13.0. The normalized spacial score (nSPS) is 11.9. The van der Waals surface area contributed by atoms with Crippen LogP contribution in [0, 0.1) is 13.8 Å². The minimum atomic E-state index is -0.379. The van der Waals surface area contributed by atoms with Crippen LogP contribution in [0.5, 0.6) is 0 Å². The molecule has 168 valence electrons. The smallest absolute Gasteiger partial charge is 0.237 e. The number of aryl methyl sites for hydroxylation is 2. The van der Waals surface area contributed by atoms with E-state index in [-0.39, 0.29) is 11.2 Å². The van der Waals surface area contributed by atoms with Crippen LogP contribution in [0.2, 0.25) is 5.02 Å². The number of nitrogens with one attached hydrogen (secondary N) is 1. The summed E-state index contributed by atoms with van der Waals surface area (Å²) in [6.07, 6.45) is 0.615. The monoisotopic (exact) mass is 476 g/mol. The Hall–Kier alpha value is -3.09. The van der Waals surface area contributed by atoms with Gasteiger partial charge in [-0.25, -0.2) is 0 Å². The molecule has 3 aromatic carbocycles. The molecule has 1 aromatic heterocycles. The first kappa shape index (κ1) is 23.1. The summed E-state index contributed by atoms with van der Waals surface area (Å²) in [6.45, 7) is 5.86. The highest BCUT2D eigenvalue weighted by Gasteiger charge is 2.22. The lowest BCUT2D eigenvalue weighted by molar-refractivity contribution is -0.115. The molecular weight excluding hydrogens is 452 g/mol. The molecule has 1 N–H and O–H groups in total. The molecule has 0 spiro atoms. The van der Waals surface area contributed by atoms with Crippen LogP contribution in [-0.4, -0.2) is 25.9 Å². The van der Waals surface area contributed by atoms with Crippen molar-refractivity contribution in [3.63, 3.8) is 0 Å². The average molecular weight is 477 g/mol. The Labute approximate surface area is 203 Å². The van der Waals surface area contributed by atoms with Crippen molar-refractivity contribution in [3.8, 4) is 5.69 Å². The number of nitrogens with zero attached hydrogens (tertiary/aromatic N) is 3. The molecule has 0 aliphatic carbocycles. The summed E-state index contributed by atoms with van der Waals surface area (Å²) in [6, 6.07) is 23.7. The number of amides is 1. The van der Waals surface area contributed by atoms with Gasteiger partial charge in [0.1, 0.15) is 5.82 Å². The number of carbonyl (C=O) groups excluding carboxylic acids is 1. The minimum absolute atomic E-state index is 0.0809. The topological polar surface area (TPSA) is 59.8 Å². The SMILES string of the molecule is Cc1cccc(C)c1NC(=O)[C@H](C)Sc1nnc(Cc2ccccc2)n1-c1cccc(Cl)c1. The van der Waals surface area contributed by atoms with E-state index >= 15 is 0 Å². The summed E-state index contributed by atoms with van der Waals surface area (Å²) in [7, 11) is 0. The van der Waals surface area contributed by atoms with E-state index in [1.165, 1.54) is 11.8 Å². The molecule has 1 atom stereocenters. The van der Waals surface area contributed by atoms with E-state index in [1.807, 2.05) is 86.0 Å². The van der Waals surface area contributed by atoms with Crippen LogP contribution >= 0.6 is 23.4 Å². The first-order chi connectivity index (χ1) is 15.9. The Morgan fingerprint density at radius 2 is 1.70 bits per heavy atom. The van der Waals surface area contributed by atoms with Crippen LogP contribution in [0.25, 0.3) is 5.69 Å². The van der Waals surface area contributed by atoms with Gasteiger partial charge >= 0.3 is 0 Å². The molecule has 0 radical (unpaired) electrons.